The molecule has 0 saturated heterocycles. The first kappa shape index (κ1) is 19.0. The molecular formula is C16H21BrN2O4. The van der Waals surface area contributed by atoms with Crippen molar-refractivity contribution < 1.29 is 19.1 Å². The zero-order valence-electron chi connectivity index (χ0n) is 13.7. The van der Waals surface area contributed by atoms with Gasteiger partial charge in [0.1, 0.15) is 11.4 Å². The Hall–Kier alpha value is -2.02. The predicted molar refractivity (Wildman–Crippen MR) is 90.7 cm³/mol. The van der Waals surface area contributed by atoms with E-state index in [0.29, 0.717) is 24.6 Å². The predicted octanol–water partition coefficient (Wildman–Crippen LogP) is 3.76. The van der Waals surface area contributed by atoms with Gasteiger partial charge in [-0.05, 0) is 61.8 Å². The fourth-order valence-electron chi connectivity index (χ4n) is 1.68. The molecule has 7 heteroatoms. The first-order valence-corrected chi connectivity index (χ1v) is 8.03. The minimum Gasteiger partial charge on any atom is -0.461 e. The van der Waals surface area contributed by atoms with Crippen LogP contribution < -0.4 is 0 Å². The SMILES string of the molecule is CCOC(=O)c1cc(Br)c(C)[nH]1.CCOC(=O)c1ccc(C)[nH]1. The van der Waals surface area contributed by atoms with Gasteiger partial charge in [0, 0.05) is 15.9 Å². The first-order chi connectivity index (χ1) is 10.9. The van der Waals surface area contributed by atoms with Crippen LogP contribution in [0.4, 0.5) is 0 Å². The van der Waals surface area contributed by atoms with Crippen LogP contribution in [0.3, 0.4) is 0 Å². The van der Waals surface area contributed by atoms with E-state index in [9.17, 15) is 9.59 Å². The molecule has 0 aliphatic carbocycles. The maximum absolute atomic E-state index is 11.1. The lowest BCUT2D eigenvalue weighted by atomic mass is 10.4. The number of nitrogens with one attached hydrogen (secondary N) is 2. The number of rotatable bonds is 4. The molecule has 126 valence electrons. The average Bonchev–Trinajstić information content (AvgIpc) is 3.07. The lowest BCUT2D eigenvalue weighted by Gasteiger charge is -1.96. The van der Waals surface area contributed by atoms with Crippen LogP contribution in [0, 0.1) is 13.8 Å². The highest BCUT2D eigenvalue weighted by Crippen LogP contribution is 2.17. The van der Waals surface area contributed by atoms with Crippen LogP contribution in [0.25, 0.3) is 0 Å². The number of halogens is 1. The van der Waals surface area contributed by atoms with Gasteiger partial charge in [-0.1, -0.05) is 0 Å². The molecule has 0 unspecified atom stereocenters. The normalized spacial score (nSPS) is 9.78. The van der Waals surface area contributed by atoms with E-state index in [0.717, 1.165) is 15.9 Å². The second kappa shape index (κ2) is 9.19. The molecule has 0 bridgehead atoms. The number of hydrogen-bond donors (Lipinski definition) is 2. The third kappa shape index (κ3) is 5.94. The van der Waals surface area contributed by atoms with Crippen molar-refractivity contribution in [2.45, 2.75) is 27.7 Å². The van der Waals surface area contributed by atoms with E-state index < -0.39 is 0 Å². The summed E-state index contributed by atoms with van der Waals surface area (Å²) in [5, 5.41) is 0. The molecule has 0 aromatic carbocycles. The van der Waals surface area contributed by atoms with Gasteiger partial charge in [0.15, 0.2) is 0 Å². The van der Waals surface area contributed by atoms with Crippen molar-refractivity contribution in [3.05, 3.63) is 45.4 Å². The topological polar surface area (TPSA) is 84.2 Å². The highest BCUT2D eigenvalue weighted by atomic mass is 79.9. The zero-order valence-corrected chi connectivity index (χ0v) is 15.2. The van der Waals surface area contributed by atoms with Crippen LogP contribution in [0.1, 0.15) is 46.2 Å². The van der Waals surface area contributed by atoms with Crippen LogP contribution in [-0.2, 0) is 9.47 Å². The van der Waals surface area contributed by atoms with E-state index in [-0.39, 0.29) is 11.9 Å². The van der Waals surface area contributed by atoms with Crippen LogP contribution >= 0.6 is 15.9 Å². The summed E-state index contributed by atoms with van der Waals surface area (Å²) >= 11 is 3.30. The minimum atomic E-state index is -0.314. The van der Waals surface area contributed by atoms with Crippen molar-refractivity contribution in [3.8, 4) is 0 Å². The Kier molecular flexibility index (Phi) is 7.61. The van der Waals surface area contributed by atoms with E-state index in [1.165, 1.54) is 0 Å². The Bertz CT molecular complexity index is 641. The maximum atomic E-state index is 11.1. The smallest absolute Gasteiger partial charge is 0.354 e. The number of carbonyl (C=O) groups excluding carboxylic acids is 2. The highest BCUT2D eigenvalue weighted by Gasteiger charge is 2.10. The minimum absolute atomic E-state index is 0.291. The van der Waals surface area contributed by atoms with Crippen molar-refractivity contribution >= 4 is 27.9 Å². The molecule has 2 aromatic rings. The van der Waals surface area contributed by atoms with Crippen molar-refractivity contribution in [2.24, 2.45) is 0 Å². The molecular weight excluding hydrogens is 364 g/mol. The Morgan fingerprint density at radius 1 is 1.00 bits per heavy atom. The summed E-state index contributed by atoms with van der Waals surface area (Å²) in [5.41, 5.74) is 2.90. The van der Waals surface area contributed by atoms with E-state index in [1.54, 1.807) is 26.0 Å². The van der Waals surface area contributed by atoms with Crippen molar-refractivity contribution in [2.75, 3.05) is 13.2 Å². The van der Waals surface area contributed by atoms with E-state index in [2.05, 4.69) is 25.9 Å². The van der Waals surface area contributed by atoms with Gasteiger partial charge in [-0.3, -0.25) is 0 Å². The molecule has 0 amide bonds. The van der Waals surface area contributed by atoms with Gasteiger partial charge in [0.25, 0.3) is 0 Å². The largest absolute Gasteiger partial charge is 0.461 e. The van der Waals surface area contributed by atoms with Crippen molar-refractivity contribution in [1.82, 2.24) is 9.97 Å². The molecule has 2 heterocycles. The Labute approximate surface area is 143 Å². The number of hydrogen-bond acceptors (Lipinski definition) is 4. The number of esters is 2. The second-order valence-electron chi connectivity index (χ2n) is 4.65. The molecule has 0 saturated carbocycles. The summed E-state index contributed by atoms with van der Waals surface area (Å²) in [7, 11) is 0. The van der Waals surface area contributed by atoms with E-state index in [1.807, 2.05) is 19.9 Å². The third-order valence-corrected chi connectivity index (χ3v) is 3.60. The molecule has 0 atom stereocenters. The number of aromatic amines is 2. The summed E-state index contributed by atoms with van der Waals surface area (Å²) in [5.74, 6) is -0.605. The van der Waals surface area contributed by atoms with Crippen LogP contribution in [0.2, 0.25) is 0 Å². The average molecular weight is 385 g/mol. The Morgan fingerprint density at radius 3 is 1.96 bits per heavy atom. The summed E-state index contributed by atoms with van der Waals surface area (Å²) in [6.45, 7) is 8.15. The molecule has 0 aliphatic rings. The molecule has 0 radical (unpaired) electrons. The quantitative estimate of drug-likeness (QED) is 0.785. The molecule has 2 rings (SSSR count). The maximum Gasteiger partial charge on any atom is 0.354 e. The molecule has 2 N–H and O–H groups in total. The number of aromatic nitrogens is 2. The molecule has 2 aromatic heterocycles. The van der Waals surface area contributed by atoms with Gasteiger partial charge in [-0.2, -0.15) is 0 Å². The second-order valence-corrected chi connectivity index (χ2v) is 5.51. The fraction of sp³-hybridized carbons (Fsp3) is 0.375. The summed E-state index contributed by atoms with van der Waals surface area (Å²) in [6.07, 6.45) is 0. The zero-order chi connectivity index (χ0) is 17.4. The number of ether oxygens (including phenoxy) is 2. The number of aryl methyl sites for hydroxylation is 2. The van der Waals surface area contributed by atoms with Crippen molar-refractivity contribution in [1.29, 1.82) is 0 Å². The molecule has 0 fully saturated rings. The molecule has 23 heavy (non-hydrogen) atoms. The van der Waals surface area contributed by atoms with Gasteiger partial charge in [0.2, 0.25) is 0 Å². The van der Waals surface area contributed by atoms with Crippen LogP contribution in [0.5, 0.6) is 0 Å². The lowest BCUT2D eigenvalue weighted by molar-refractivity contribution is 0.0510. The number of H-pyrrole nitrogens is 2. The summed E-state index contributed by atoms with van der Waals surface area (Å²) in [4.78, 5) is 27.9. The highest BCUT2D eigenvalue weighted by molar-refractivity contribution is 9.10. The molecule has 0 spiro atoms. The van der Waals surface area contributed by atoms with Gasteiger partial charge >= 0.3 is 11.9 Å². The van der Waals surface area contributed by atoms with Crippen LogP contribution in [-0.4, -0.2) is 35.1 Å². The summed E-state index contributed by atoms with van der Waals surface area (Å²) in [6, 6.07) is 5.27. The van der Waals surface area contributed by atoms with Gasteiger partial charge in [-0.25, -0.2) is 9.59 Å². The molecule has 0 aliphatic heterocycles. The van der Waals surface area contributed by atoms with E-state index in [4.69, 9.17) is 9.47 Å². The third-order valence-electron chi connectivity index (χ3n) is 2.77. The molecule has 6 nitrogen and oxygen atoms in total. The monoisotopic (exact) mass is 384 g/mol. The van der Waals surface area contributed by atoms with Gasteiger partial charge in [-0.15, -0.1) is 0 Å². The van der Waals surface area contributed by atoms with E-state index >= 15 is 0 Å². The Balaban J connectivity index is 0.000000231. The van der Waals surface area contributed by atoms with Crippen molar-refractivity contribution in [3.63, 3.8) is 0 Å². The first-order valence-electron chi connectivity index (χ1n) is 7.24. The number of carbonyl (C=O) groups is 2. The summed E-state index contributed by atoms with van der Waals surface area (Å²) < 4.78 is 10.5. The van der Waals surface area contributed by atoms with Gasteiger partial charge < -0.3 is 19.4 Å². The van der Waals surface area contributed by atoms with Crippen LogP contribution in [0.15, 0.2) is 22.7 Å². The standard InChI is InChI=1S/C8H10BrNO2.C8H11NO2/c1-3-12-8(11)7-4-6(9)5(2)10-7;1-3-11-8(10)7-5-4-6(2)9-7/h4,10H,3H2,1-2H3;4-5,9H,3H2,1-2H3. The fourth-order valence-corrected chi connectivity index (χ4v) is 2.01. The Morgan fingerprint density at radius 2 is 1.57 bits per heavy atom. The van der Waals surface area contributed by atoms with Gasteiger partial charge in [0.05, 0.1) is 13.2 Å². The lowest BCUT2D eigenvalue weighted by Crippen LogP contribution is -2.04.